The van der Waals surface area contributed by atoms with E-state index in [-0.39, 0.29) is 0 Å². The van der Waals surface area contributed by atoms with Crippen LogP contribution in [0.15, 0.2) is 59.8 Å². The van der Waals surface area contributed by atoms with E-state index in [9.17, 15) is 8.42 Å². The molecule has 0 bridgehead atoms. The minimum absolute atomic E-state index is 0.359. The fraction of sp³-hybridized carbons (Fsp3) is 0.286. The van der Waals surface area contributed by atoms with Gasteiger partial charge in [0.25, 0.3) is 0 Å². The largest absolute Gasteiger partial charge is 0.331 e. The molecule has 2 aromatic carbocycles. The van der Waals surface area contributed by atoms with Crippen LogP contribution in [0.25, 0.3) is 11.4 Å². The van der Waals surface area contributed by atoms with E-state index in [4.69, 9.17) is 0 Å². The first-order valence-corrected chi connectivity index (χ1v) is 10.5. The Balaban J connectivity index is 1.63. The van der Waals surface area contributed by atoms with Crippen molar-refractivity contribution in [3.8, 4) is 11.4 Å². The van der Waals surface area contributed by atoms with Gasteiger partial charge in [-0.3, -0.25) is 0 Å². The normalized spacial score (nSPS) is 11.7. The first-order chi connectivity index (χ1) is 12.9. The van der Waals surface area contributed by atoms with E-state index in [1.54, 1.807) is 12.3 Å². The Hall–Kier alpha value is -2.44. The standard InChI is InChI=1S/C21H25N3O2S/c1-16-14-18(3)20(15-17(16)2)27(25,26)23-10-7-12-24-13-11-22-21(24)19-8-5-4-6-9-19/h4-6,8-9,11,13-15,23H,7,10,12H2,1-3H3. The van der Waals surface area contributed by atoms with Crippen LogP contribution in [-0.2, 0) is 16.6 Å². The molecule has 1 N–H and O–H groups in total. The zero-order chi connectivity index (χ0) is 19.4. The average molecular weight is 384 g/mol. The van der Waals surface area contributed by atoms with Gasteiger partial charge in [0.05, 0.1) is 4.90 Å². The van der Waals surface area contributed by atoms with Crippen molar-refractivity contribution >= 4 is 10.0 Å². The number of aryl methyl sites for hydroxylation is 4. The number of nitrogens with zero attached hydrogens (tertiary/aromatic N) is 2. The highest BCUT2D eigenvalue weighted by atomic mass is 32.2. The van der Waals surface area contributed by atoms with Gasteiger partial charge < -0.3 is 4.57 Å². The number of hydrogen-bond acceptors (Lipinski definition) is 3. The third-order valence-electron chi connectivity index (χ3n) is 4.70. The summed E-state index contributed by atoms with van der Waals surface area (Å²) in [6.07, 6.45) is 4.37. The lowest BCUT2D eigenvalue weighted by molar-refractivity contribution is 0.570. The van der Waals surface area contributed by atoms with Crippen LogP contribution in [0.5, 0.6) is 0 Å². The van der Waals surface area contributed by atoms with Crippen molar-refractivity contribution in [3.05, 3.63) is 71.5 Å². The monoisotopic (exact) mass is 383 g/mol. The molecule has 6 heteroatoms. The van der Waals surface area contributed by atoms with E-state index in [2.05, 4.69) is 9.71 Å². The highest BCUT2D eigenvalue weighted by Gasteiger charge is 2.17. The SMILES string of the molecule is Cc1cc(C)c(S(=O)(=O)NCCCn2ccnc2-c2ccccc2)cc1C. The molecule has 0 unspecified atom stereocenters. The number of nitrogens with one attached hydrogen (secondary N) is 1. The lowest BCUT2D eigenvalue weighted by Gasteiger charge is -2.12. The lowest BCUT2D eigenvalue weighted by atomic mass is 10.1. The summed E-state index contributed by atoms with van der Waals surface area (Å²) < 4.78 is 30.0. The molecule has 0 atom stereocenters. The molecule has 5 nitrogen and oxygen atoms in total. The summed E-state index contributed by atoms with van der Waals surface area (Å²) in [5.74, 6) is 0.892. The van der Waals surface area contributed by atoms with Gasteiger partial charge in [-0.1, -0.05) is 36.4 Å². The number of aromatic nitrogens is 2. The maximum atomic E-state index is 12.6. The quantitative estimate of drug-likeness (QED) is 0.631. The summed E-state index contributed by atoms with van der Waals surface area (Å²) in [5, 5.41) is 0. The van der Waals surface area contributed by atoms with Gasteiger partial charge in [0, 0.05) is 31.0 Å². The van der Waals surface area contributed by atoms with Crippen molar-refractivity contribution in [1.29, 1.82) is 0 Å². The fourth-order valence-corrected chi connectivity index (χ4v) is 4.48. The van der Waals surface area contributed by atoms with Crippen LogP contribution >= 0.6 is 0 Å². The molecule has 0 saturated carbocycles. The number of imidazole rings is 1. The topological polar surface area (TPSA) is 64.0 Å². The zero-order valence-electron chi connectivity index (χ0n) is 15.9. The maximum absolute atomic E-state index is 12.6. The van der Waals surface area contributed by atoms with Gasteiger partial charge >= 0.3 is 0 Å². The van der Waals surface area contributed by atoms with Gasteiger partial charge in [0.2, 0.25) is 10.0 Å². The molecule has 0 aliphatic heterocycles. The minimum atomic E-state index is -3.51. The van der Waals surface area contributed by atoms with Crippen molar-refractivity contribution in [2.45, 2.75) is 38.6 Å². The van der Waals surface area contributed by atoms with Crippen LogP contribution in [0.2, 0.25) is 0 Å². The molecule has 142 valence electrons. The molecule has 3 aromatic rings. The molecule has 0 aliphatic carbocycles. The van der Waals surface area contributed by atoms with Gasteiger partial charge in [0.1, 0.15) is 5.82 Å². The van der Waals surface area contributed by atoms with Crippen LogP contribution < -0.4 is 4.72 Å². The third kappa shape index (κ3) is 4.46. The van der Waals surface area contributed by atoms with Crippen molar-refractivity contribution in [3.63, 3.8) is 0 Å². The summed E-state index contributed by atoms with van der Waals surface area (Å²) in [5.41, 5.74) is 3.90. The van der Waals surface area contributed by atoms with Gasteiger partial charge in [0.15, 0.2) is 0 Å². The second-order valence-electron chi connectivity index (χ2n) is 6.76. The number of sulfonamides is 1. The van der Waals surface area contributed by atoms with Crippen molar-refractivity contribution in [1.82, 2.24) is 14.3 Å². The molecule has 1 heterocycles. The molecule has 1 aromatic heterocycles. The second kappa shape index (κ2) is 8.06. The molecule has 0 fully saturated rings. The molecule has 0 spiro atoms. The highest BCUT2D eigenvalue weighted by Crippen LogP contribution is 2.20. The predicted octanol–water partition coefficient (Wildman–Crippen LogP) is 3.84. The summed E-state index contributed by atoms with van der Waals surface area (Å²) in [6, 6.07) is 13.6. The first-order valence-electron chi connectivity index (χ1n) is 9.02. The number of hydrogen-bond donors (Lipinski definition) is 1. The Labute approximate surface area is 161 Å². The Morgan fingerprint density at radius 2 is 1.70 bits per heavy atom. The Kier molecular flexibility index (Phi) is 5.77. The van der Waals surface area contributed by atoms with Crippen molar-refractivity contribution < 1.29 is 8.42 Å². The number of rotatable bonds is 7. The van der Waals surface area contributed by atoms with E-state index in [1.807, 2.05) is 67.9 Å². The smallest absolute Gasteiger partial charge is 0.240 e. The summed E-state index contributed by atoms with van der Waals surface area (Å²) in [6.45, 7) is 6.82. The number of benzene rings is 2. The molecular formula is C21H25N3O2S. The van der Waals surface area contributed by atoms with Gasteiger partial charge in [-0.25, -0.2) is 18.1 Å². The van der Waals surface area contributed by atoms with Crippen LogP contribution in [0, 0.1) is 20.8 Å². The molecule has 27 heavy (non-hydrogen) atoms. The summed E-state index contributed by atoms with van der Waals surface area (Å²) in [7, 11) is -3.51. The van der Waals surface area contributed by atoms with E-state index >= 15 is 0 Å². The van der Waals surface area contributed by atoms with Crippen LogP contribution in [0.1, 0.15) is 23.1 Å². The zero-order valence-corrected chi connectivity index (χ0v) is 16.8. The average Bonchev–Trinajstić information content (AvgIpc) is 3.11. The Morgan fingerprint density at radius 3 is 2.44 bits per heavy atom. The van der Waals surface area contributed by atoms with Crippen LogP contribution in [-0.4, -0.2) is 24.5 Å². The van der Waals surface area contributed by atoms with Crippen LogP contribution in [0.3, 0.4) is 0 Å². The van der Waals surface area contributed by atoms with E-state index < -0.39 is 10.0 Å². The van der Waals surface area contributed by atoms with E-state index in [0.29, 0.717) is 24.4 Å². The first kappa shape index (κ1) is 19.3. The highest BCUT2D eigenvalue weighted by molar-refractivity contribution is 7.89. The predicted molar refractivity (Wildman–Crippen MR) is 108 cm³/mol. The van der Waals surface area contributed by atoms with E-state index in [0.717, 1.165) is 28.1 Å². The third-order valence-corrected chi connectivity index (χ3v) is 6.30. The van der Waals surface area contributed by atoms with Crippen molar-refractivity contribution in [2.75, 3.05) is 6.54 Å². The summed E-state index contributed by atoms with van der Waals surface area (Å²) >= 11 is 0. The van der Waals surface area contributed by atoms with Gasteiger partial charge in [-0.15, -0.1) is 0 Å². The lowest BCUT2D eigenvalue weighted by Crippen LogP contribution is -2.26. The van der Waals surface area contributed by atoms with Gasteiger partial charge in [-0.05, 0) is 49.9 Å². The van der Waals surface area contributed by atoms with Crippen LogP contribution in [0.4, 0.5) is 0 Å². The minimum Gasteiger partial charge on any atom is -0.331 e. The maximum Gasteiger partial charge on any atom is 0.240 e. The fourth-order valence-electron chi connectivity index (χ4n) is 3.09. The molecule has 0 amide bonds. The molecule has 0 aliphatic rings. The second-order valence-corrected chi connectivity index (χ2v) is 8.50. The summed E-state index contributed by atoms with van der Waals surface area (Å²) in [4.78, 5) is 4.77. The Morgan fingerprint density at radius 1 is 1.00 bits per heavy atom. The Bertz CT molecular complexity index is 1020. The molecule has 0 saturated heterocycles. The van der Waals surface area contributed by atoms with Gasteiger partial charge in [-0.2, -0.15) is 0 Å². The van der Waals surface area contributed by atoms with Crippen molar-refractivity contribution in [2.24, 2.45) is 0 Å². The molecule has 0 radical (unpaired) electrons. The molecule has 3 rings (SSSR count). The van der Waals surface area contributed by atoms with E-state index in [1.165, 1.54) is 0 Å². The molecular weight excluding hydrogens is 358 g/mol.